The van der Waals surface area contributed by atoms with Gasteiger partial charge in [0.05, 0.1) is 11.3 Å². The molecule has 0 saturated carbocycles. The first kappa shape index (κ1) is 18.7. The van der Waals surface area contributed by atoms with E-state index in [9.17, 15) is 9.18 Å². The minimum atomic E-state index is -0.812. The zero-order valence-electron chi connectivity index (χ0n) is 12.7. The molecule has 0 saturated heterocycles. The van der Waals surface area contributed by atoms with Crippen LogP contribution in [0, 0.1) is 17.1 Å². The summed E-state index contributed by atoms with van der Waals surface area (Å²) in [6.45, 7) is 0.446. The summed E-state index contributed by atoms with van der Waals surface area (Å²) in [6.07, 6.45) is 1.11. The lowest BCUT2D eigenvalue weighted by Crippen LogP contribution is -2.14. The Kier molecular flexibility index (Phi) is 5.99. The van der Waals surface area contributed by atoms with Crippen molar-refractivity contribution in [1.82, 2.24) is 20.0 Å². The van der Waals surface area contributed by atoms with Crippen molar-refractivity contribution in [2.45, 2.75) is 12.8 Å². The molecule has 2 aromatic heterocycles. The van der Waals surface area contributed by atoms with Crippen molar-refractivity contribution in [1.29, 1.82) is 5.26 Å². The second kappa shape index (κ2) is 7.99. The number of aromatic nitrogens is 4. The Morgan fingerprint density at radius 1 is 1.32 bits per heavy atom. The third-order valence-electron chi connectivity index (χ3n) is 3.32. The number of nitrogens with zero attached hydrogens (tertiary/aromatic N) is 5. The van der Waals surface area contributed by atoms with E-state index in [0.717, 1.165) is 10.6 Å². The van der Waals surface area contributed by atoms with Crippen molar-refractivity contribution in [2.75, 3.05) is 6.54 Å². The van der Waals surface area contributed by atoms with E-state index in [4.69, 9.17) is 15.6 Å². The quantitative estimate of drug-likeness (QED) is 0.567. The Labute approximate surface area is 157 Å². The van der Waals surface area contributed by atoms with Crippen LogP contribution in [0.3, 0.4) is 0 Å². The number of hydrogen-bond donors (Lipinski definition) is 1. The lowest BCUT2D eigenvalue weighted by molar-refractivity contribution is 0.304. The predicted octanol–water partition coefficient (Wildman–Crippen LogP) is 1.40. The summed E-state index contributed by atoms with van der Waals surface area (Å²) in [5, 5.41) is 20.1. The van der Waals surface area contributed by atoms with Gasteiger partial charge in [-0.1, -0.05) is 10.3 Å². The van der Waals surface area contributed by atoms with Crippen LogP contribution >= 0.6 is 24.0 Å². The fraction of sp³-hybridized carbons (Fsp3) is 0.214. The highest BCUT2D eigenvalue weighted by atomic mass is 127. The summed E-state index contributed by atoms with van der Waals surface area (Å²) < 4.78 is 23.9. The maximum Gasteiger partial charge on any atom is 0.446 e. The summed E-state index contributed by atoms with van der Waals surface area (Å²) >= 11 is 0. The molecule has 1 aromatic carbocycles. The molecule has 2 N–H and O–H groups in total. The Morgan fingerprint density at radius 2 is 2.12 bits per heavy atom. The van der Waals surface area contributed by atoms with Crippen LogP contribution in [0.5, 0.6) is 0 Å². The molecule has 0 fully saturated rings. The lowest BCUT2D eigenvalue weighted by atomic mass is 10.1. The van der Waals surface area contributed by atoms with E-state index in [0.29, 0.717) is 25.1 Å². The predicted molar refractivity (Wildman–Crippen MR) is 92.9 cm³/mol. The van der Waals surface area contributed by atoms with Crippen molar-refractivity contribution >= 4 is 24.0 Å². The van der Waals surface area contributed by atoms with Gasteiger partial charge in [-0.2, -0.15) is 5.26 Å². The van der Waals surface area contributed by atoms with Crippen molar-refractivity contribution in [3.8, 4) is 23.3 Å². The molecule has 25 heavy (non-hydrogen) atoms. The van der Waals surface area contributed by atoms with E-state index in [2.05, 4.69) is 20.0 Å². The lowest BCUT2D eigenvalue weighted by Gasteiger charge is -2.04. The Bertz CT molecular complexity index is 974. The first-order valence-corrected chi connectivity index (χ1v) is 6.96. The zero-order chi connectivity index (χ0) is 17.1. The number of nitrogens with two attached hydrogens (primary N) is 1. The van der Waals surface area contributed by atoms with E-state index >= 15 is 0 Å². The van der Waals surface area contributed by atoms with Crippen molar-refractivity contribution < 1.29 is 13.5 Å². The van der Waals surface area contributed by atoms with Crippen molar-refractivity contribution in [3.63, 3.8) is 0 Å². The van der Waals surface area contributed by atoms with Gasteiger partial charge in [-0.05, 0) is 42.7 Å². The third-order valence-corrected chi connectivity index (χ3v) is 3.32. The highest BCUT2D eigenvalue weighted by Crippen LogP contribution is 2.22. The van der Waals surface area contributed by atoms with Crippen LogP contribution in [0.25, 0.3) is 17.2 Å². The highest BCUT2D eigenvalue weighted by Gasteiger charge is 2.22. The number of hydrogen-bond acceptors (Lipinski definition) is 8. The molecule has 0 bridgehead atoms. The molecule has 0 spiro atoms. The molecule has 130 valence electrons. The number of nitriles is 1. The first-order chi connectivity index (χ1) is 11.7. The van der Waals surface area contributed by atoms with Gasteiger partial charge in [0.25, 0.3) is 0 Å². The molecule has 9 nitrogen and oxygen atoms in total. The van der Waals surface area contributed by atoms with Crippen LogP contribution in [0.1, 0.15) is 17.7 Å². The molecule has 0 aliphatic carbocycles. The molecule has 0 aliphatic rings. The summed E-state index contributed by atoms with van der Waals surface area (Å²) in [6, 6.07) is 5.32. The average molecular weight is 458 g/mol. The molecule has 0 radical (unpaired) electrons. The van der Waals surface area contributed by atoms with Crippen molar-refractivity contribution in [2.24, 2.45) is 5.73 Å². The molecule has 0 unspecified atom stereocenters. The largest absolute Gasteiger partial charge is 0.446 e. The molecule has 0 aliphatic heterocycles. The van der Waals surface area contributed by atoms with Gasteiger partial charge in [-0.3, -0.25) is 4.52 Å². The maximum absolute atomic E-state index is 13.5. The van der Waals surface area contributed by atoms with Gasteiger partial charge in [0, 0.05) is 0 Å². The van der Waals surface area contributed by atoms with Crippen LogP contribution in [-0.2, 0) is 6.42 Å². The van der Waals surface area contributed by atoms with Crippen LogP contribution in [0.15, 0.2) is 32.1 Å². The third kappa shape index (κ3) is 3.59. The van der Waals surface area contributed by atoms with Gasteiger partial charge in [-0.25, -0.2) is 18.4 Å². The molecular weight excluding hydrogens is 446 g/mol. The van der Waals surface area contributed by atoms with E-state index in [1.807, 2.05) is 0 Å². The standard InChI is InChI=1S/C14H11FN6O3.HI/c15-10-4-3-9(6-8(10)7-17)21-13(20-23-14(21)22)12-11(2-1-5-16)18-24-19-12;/h3-4,6H,1-2,5,16H2;1H. The maximum atomic E-state index is 13.5. The van der Waals surface area contributed by atoms with E-state index < -0.39 is 11.6 Å². The minimum absolute atomic E-state index is 0. The minimum Gasteiger partial charge on any atom is -0.330 e. The Balaban J connectivity index is 0.00000225. The molecule has 3 aromatic rings. The number of benzene rings is 1. The summed E-state index contributed by atoms with van der Waals surface area (Å²) in [5.74, 6) is -1.46. The molecule has 0 amide bonds. The number of halogens is 2. The van der Waals surface area contributed by atoms with E-state index in [1.165, 1.54) is 12.1 Å². The van der Waals surface area contributed by atoms with Gasteiger partial charge in [0.2, 0.25) is 5.82 Å². The van der Waals surface area contributed by atoms with Crippen LogP contribution in [0.2, 0.25) is 0 Å². The Morgan fingerprint density at radius 3 is 2.84 bits per heavy atom. The summed E-state index contributed by atoms with van der Waals surface area (Å²) in [7, 11) is 0. The molecule has 2 heterocycles. The smallest absolute Gasteiger partial charge is 0.330 e. The van der Waals surface area contributed by atoms with Gasteiger partial charge in [0.15, 0.2) is 5.69 Å². The topological polar surface area (TPSA) is 137 Å². The highest BCUT2D eigenvalue weighted by molar-refractivity contribution is 14.0. The SMILES string of the molecule is I.N#Cc1cc(-n2c(-c3nonc3CCCN)noc2=O)ccc1F. The van der Waals surface area contributed by atoms with Crippen LogP contribution < -0.4 is 11.5 Å². The fourth-order valence-electron chi connectivity index (χ4n) is 2.18. The molecule has 11 heteroatoms. The number of aryl methyl sites for hydroxylation is 1. The van der Waals surface area contributed by atoms with E-state index in [-0.39, 0.29) is 46.7 Å². The average Bonchev–Trinajstić information content (AvgIpc) is 3.19. The Hall–Kier alpha value is -2.59. The fourth-order valence-corrected chi connectivity index (χ4v) is 2.18. The molecule has 3 rings (SSSR count). The van der Waals surface area contributed by atoms with Gasteiger partial charge in [-0.15, -0.1) is 24.0 Å². The van der Waals surface area contributed by atoms with Gasteiger partial charge < -0.3 is 5.73 Å². The zero-order valence-corrected chi connectivity index (χ0v) is 15.0. The normalized spacial score (nSPS) is 10.3. The van der Waals surface area contributed by atoms with Gasteiger partial charge in [0.1, 0.15) is 17.6 Å². The first-order valence-electron chi connectivity index (χ1n) is 6.96. The summed E-state index contributed by atoms with van der Waals surface area (Å²) in [5.41, 5.74) is 6.15. The van der Waals surface area contributed by atoms with Crippen LogP contribution in [-0.4, -0.2) is 26.6 Å². The second-order valence-electron chi connectivity index (χ2n) is 4.84. The van der Waals surface area contributed by atoms with Crippen LogP contribution in [0.4, 0.5) is 4.39 Å². The second-order valence-corrected chi connectivity index (χ2v) is 4.84. The summed E-state index contributed by atoms with van der Waals surface area (Å²) in [4.78, 5) is 12.0. The molecular formula is C14H12FIN6O3. The van der Waals surface area contributed by atoms with Gasteiger partial charge >= 0.3 is 5.76 Å². The monoisotopic (exact) mass is 458 g/mol. The van der Waals surface area contributed by atoms with E-state index in [1.54, 1.807) is 6.07 Å². The number of rotatable bonds is 5. The van der Waals surface area contributed by atoms with Crippen molar-refractivity contribution in [3.05, 3.63) is 45.8 Å². The molecule has 0 atom stereocenters.